The van der Waals surface area contributed by atoms with Crippen molar-refractivity contribution in [1.29, 1.82) is 0 Å². The van der Waals surface area contributed by atoms with Crippen LogP contribution >= 0.6 is 11.8 Å². The molecule has 0 saturated carbocycles. The first-order valence-electron chi connectivity index (χ1n) is 7.10. The molecule has 2 rings (SSSR count). The van der Waals surface area contributed by atoms with E-state index in [0.29, 0.717) is 19.6 Å². The third kappa shape index (κ3) is 5.95. The summed E-state index contributed by atoms with van der Waals surface area (Å²) in [6.07, 6.45) is 0.513. The van der Waals surface area contributed by atoms with Crippen LogP contribution in [0.15, 0.2) is 24.3 Å². The number of ether oxygens (including phenoxy) is 2. The quantitative estimate of drug-likeness (QED) is 0.751. The van der Waals surface area contributed by atoms with Gasteiger partial charge in [-0.25, -0.2) is 0 Å². The summed E-state index contributed by atoms with van der Waals surface area (Å²) in [5.74, 6) is 2.95. The average Bonchev–Trinajstić information content (AvgIpc) is 2.50. The van der Waals surface area contributed by atoms with Crippen LogP contribution < -0.4 is 15.4 Å². The lowest BCUT2D eigenvalue weighted by Crippen LogP contribution is -2.39. The summed E-state index contributed by atoms with van der Waals surface area (Å²) < 4.78 is 10.4. The molecule has 2 N–H and O–H groups in total. The number of carbonyl (C=O) groups is 1. The fourth-order valence-electron chi connectivity index (χ4n) is 2.06. The third-order valence-corrected chi connectivity index (χ3v) is 4.26. The van der Waals surface area contributed by atoms with Gasteiger partial charge in [0, 0.05) is 43.3 Å². The summed E-state index contributed by atoms with van der Waals surface area (Å²) in [5, 5.41) is 6.28. The molecule has 0 radical (unpaired) electrons. The van der Waals surface area contributed by atoms with Crippen LogP contribution in [0.4, 0.5) is 5.69 Å². The van der Waals surface area contributed by atoms with E-state index < -0.39 is 0 Å². The normalized spacial score (nSPS) is 18.2. The first-order valence-corrected chi connectivity index (χ1v) is 8.26. The lowest BCUT2D eigenvalue weighted by Gasteiger charge is -2.22. The van der Waals surface area contributed by atoms with Crippen LogP contribution in [0.5, 0.6) is 5.75 Å². The Hall–Kier alpha value is -1.24. The topological polar surface area (TPSA) is 59.6 Å². The monoisotopic (exact) mass is 310 g/mol. The first-order chi connectivity index (χ1) is 10.3. The molecule has 116 valence electrons. The molecular weight excluding hydrogens is 288 g/mol. The molecule has 0 spiro atoms. The van der Waals surface area contributed by atoms with Crippen molar-refractivity contribution >= 4 is 23.4 Å². The number of rotatable bonds is 7. The van der Waals surface area contributed by atoms with Crippen molar-refractivity contribution in [2.75, 3.05) is 43.7 Å². The lowest BCUT2D eigenvalue weighted by molar-refractivity contribution is -0.116. The van der Waals surface area contributed by atoms with Gasteiger partial charge < -0.3 is 20.1 Å². The maximum Gasteiger partial charge on any atom is 0.225 e. The summed E-state index contributed by atoms with van der Waals surface area (Å²) >= 11 is 1.89. The number of methoxy groups -OCH3 is 1. The highest BCUT2D eigenvalue weighted by molar-refractivity contribution is 7.99. The van der Waals surface area contributed by atoms with Crippen LogP contribution in [0.3, 0.4) is 0 Å². The van der Waals surface area contributed by atoms with E-state index in [2.05, 4.69) is 10.6 Å². The molecule has 1 aliphatic heterocycles. The van der Waals surface area contributed by atoms with Crippen LogP contribution in [-0.4, -0.2) is 50.3 Å². The first kappa shape index (κ1) is 16.1. The van der Waals surface area contributed by atoms with Crippen molar-refractivity contribution in [3.63, 3.8) is 0 Å². The van der Waals surface area contributed by atoms with Gasteiger partial charge in [0.25, 0.3) is 0 Å². The Labute approximate surface area is 129 Å². The molecule has 0 aromatic heterocycles. The van der Waals surface area contributed by atoms with Crippen LogP contribution in [-0.2, 0) is 9.53 Å². The molecule has 1 aliphatic rings. The minimum absolute atomic E-state index is 0.0445. The maximum atomic E-state index is 12.0. The Balaban J connectivity index is 1.75. The van der Waals surface area contributed by atoms with Crippen LogP contribution in [0, 0.1) is 0 Å². The van der Waals surface area contributed by atoms with Crippen LogP contribution in [0.25, 0.3) is 0 Å². The molecular formula is C15H22N2O3S. The van der Waals surface area contributed by atoms with Gasteiger partial charge in [-0.15, -0.1) is 0 Å². The van der Waals surface area contributed by atoms with Crippen molar-refractivity contribution in [2.45, 2.75) is 12.5 Å². The Morgan fingerprint density at radius 2 is 2.19 bits per heavy atom. The Morgan fingerprint density at radius 3 is 2.86 bits per heavy atom. The maximum absolute atomic E-state index is 12.0. The Bertz CT molecular complexity index is 433. The molecule has 5 nitrogen and oxygen atoms in total. The minimum atomic E-state index is 0.0445. The summed E-state index contributed by atoms with van der Waals surface area (Å²) in [4.78, 5) is 12.0. The molecule has 1 aromatic carbocycles. The number of hydrogen-bond donors (Lipinski definition) is 2. The lowest BCUT2D eigenvalue weighted by atomic mass is 10.2. The zero-order valence-corrected chi connectivity index (χ0v) is 13.1. The number of amides is 1. The predicted molar refractivity (Wildman–Crippen MR) is 86.2 cm³/mol. The highest BCUT2D eigenvalue weighted by Crippen LogP contribution is 2.16. The SMILES string of the molecule is COCCOc1ccc(NC(=O)CC2CSCCN2)cc1. The molecule has 1 heterocycles. The van der Waals surface area contributed by atoms with E-state index in [0.717, 1.165) is 29.5 Å². The summed E-state index contributed by atoms with van der Waals surface area (Å²) in [6, 6.07) is 7.67. The second-order valence-corrected chi connectivity index (χ2v) is 5.99. The highest BCUT2D eigenvalue weighted by atomic mass is 32.2. The van der Waals surface area contributed by atoms with Gasteiger partial charge in [-0.2, -0.15) is 11.8 Å². The third-order valence-electron chi connectivity index (χ3n) is 3.12. The summed E-state index contributed by atoms with van der Waals surface area (Å²) in [5.41, 5.74) is 0.794. The van der Waals surface area contributed by atoms with Gasteiger partial charge in [0.15, 0.2) is 0 Å². The fourth-order valence-corrected chi connectivity index (χ4v) is 3.01. The number of nitrogens with one attached hydrogen (secondary N) is 2. The number of thioether (sulfide) groups is 1. The molecule has 6 heteroatoms. The van der Waals surface area contributed by atoms with Crippen molar-refractivity contribution < 1.29 is 14.3 Å². The largest absolute Gasteiger partial charge is 0.491 e. The van der Waals surface area contributed by atoms with E-state index in [1.54, 1.807) is 7.11 Å². The minimum Gasteiger partial charge on any atom is -0.491 e. The highest BCUT2D eigenvalue weighted by Gasteiger charge is 2.16. The van der Waals surface area contributed by atoms with Crippen LogP contribution in [0.2, 0.25) is 0 Å². The average molecular weight is 310 g/mol. The standard InChI is InChI=1S/C15H22N2O3S/c1-19-7-8-20-14-4-2-12(3-5-14)17-15(18)10-13-11-21-9-6-16-13/h2-5,13,16H,6-11H2,1H3,(H,17,18). The van der Waals surface area contributed by atoms with Gasteiger partial charge in [0.05, 0.1) is 6.61 Å². The van der Waals surface area contributed by atoms with Crippen molar-refractivity contribution in [2.24, 2.45) is 0 Å². The van der Waals surface area contributed by atoms with Gasteiger partial charge in [-0.1, -0.05) is 0 Å². The molecule has 0 aliphatic carbocycles. The molecule has 1 saturated heterocycles. The van der Waals surface area contributed by atoms with E-state index in [4.69, 9.17) is 9.47 Å². The van der Waals surface area contributed by atoms with Crippen molar-refractivity contribution in [1.82, 2.24) is 5.32 Å². The smallest absolute Gasteiger partial charge is 0.225 e. The van der Waals surface area contributed by atoms with E-state index in [-0.39, 0.29) is 11.9 Å². The number of hydrogen-bond acceptors (Lipinski definition) is 5. The van der Waals surface area contributed by atoms with Gasteiger partial charge in [0.2, 0.25) is 5.91 Å². The Morgan fingerprint density at radius 1 is 1.38 bits per heavy atom. The molecule has 1 unspecified atom stereocenters. The van der Waals surface area contributed by atoms with E-state index in [9.17, 15) is 4.79 Å². The summed E-state index contributed by atoms with van der Waals surface area (Å²) in [6.45, 7) is 2.06. The number of anilines is 1. The number of carbonyl (C=O) groups excluding carboxylic acids is 1. The molecule has 0 bridgehead atoms. The zero-order valence-electron chi connectivity index (χ0n) is 12.3. The van der Waals surface area contributed by atoms with E-state index in [1.165, 1.54) is 0 Å². The van der Waals surface area contributed by atoms with Gasteiger partial charge in [-0.05, 0) is 24.3 Å². The number of benzene rings is 1. The predicted octanol–water partition coefficient (Wildman–Crippen LogP) is 1.75. The van der Waals surface area contributed by atoms with E-state index >= 15 is 0 Å². The van der Waals surface area contributed by atoms with Crippen LogP contribution in [0.1, 0.15) is 6.42 Å². The second kappa shape index (κ2) is 8.92. The molecule has 1 amide bonds. The fraction of sp³-hybridized carbons (Fsp3) is 0.533. The molecule has 21 heavy (non-hydrogen) atoms. The zero-order chi connectivity index (χ0) is 14.9. The van der Waals surface area contributed by atoms with Crippen molar-refractivity contribution in [3.8, 4) is 5.75 Å². The van der Waals surface area contributed by atoms with E-state index in [1.807, 2.05) is 36.0 Å². The molecule has 1 aromatic rings. The summed E-state index contributed by atoms with van der Waals surface area (Å²) in [7, 11) is 1.64. The Kier molecular flexibility index (Phi) is 6.85. The second-order valence-electron chi connectivity index (χ2n) is 4.84. The van der Waals surface area contributed by atoms with Gasteiger partial charge in [0.1, 0.15) is 12.4 Å². The van der Waals surface area contributed by atoms with Gasteiger partial charge >= 0.3 is 0 Å². The van der Waals surface area contributed by atoms with Crippen molar-refractivity contribution in [3.05, 3.63) is 24.3 Å². The molecule has 1 fully saturated rings. The molecule has 1 atom stereocenters. The van der Waals surface area contributed by atoms with Gasteiger partial charge in [-0.3, -0.25) is 4.79 Å².